The van der Waals surface area contributed by atoms with Gasteiger partial charge in [0.15, 0.2) is 11.5 Å². The van der Waals surface area contributed by atoms with E-state index in [0.717, 1.165) is 41.9 Å². The van der Waals surface area contributed by atoms with Gasteiger partial charge in [0, 0.05) is 25.0 Å². The summed E-state index contributed by atoms with van der Waals surface area (Å²) >= 11 is 1.49. The van der Waals surface area contributed by atoms with Crippen molar-refractivity contribution < 1.29 is 18.7 Å². The van der Waals surface area contributed by atoms with Crippen molar-refractivity contribution >= 4 is 17.2 Å². The summed E-state index contributed by atoms with van der Waals surface area (Å²) in [6.07, 6.45) is 5.25. The lowest BCUT2D eigenvalue weighted by molar-refractivity contribution is 0.0948. The standard InChI is InChI=1S/C28H36FN3O3S/c1-4-5-6-7-15-30-28(33)24-20-36-27(31-24)19-32(18-22-8-11-23(29)12-9-22)16-14-21-10-13-25(34-2)26(17-21)35-3/h8-13,17,20H,4-7,14-16,18-19H2,1-3H3,(H,30,33). The van der Waals surface area contributed by atoms with Crippen LogP contribution in [0.5, 0.6) is 11.5 Å². The van der Waals surface area contributed by atoms with E-state index in [1.165, 1.54) is 36.3 Å². The molecule has 0 atom stereocenters. The van der Waals surface area contributed by atoms with Crippen molar-refractivity contribution in [2.24, 2.45) is 0 Å². The zero-order chi connectivity index (χ0) is 25.8. The summed E-state index contributed by atoms with van der Waals surface area (Å²) in [5.74, 6) is 1.03. The molecule has 0 bridgehead atoms. The van der Waals surface area contributed by atoms with Crippen LogP contribution >= 0.6 is 11.3 Å². The van der Waals surface area contributed by atoms with Crippen LogP contribution in [-0.2, 0) is 19.5 Å². The summed E-state index contributed by atoms with van der Waals surface area (Å²) in [7, 11) is 3.25. The Bertz CT molecular complexity index is 1090. The second kappa shape index (κ2) is 14.6. The number of unbranched alkanes of at least 4 members (excludes halogenated alkanes) is 3. The lowest BCUT2D eigenvalue weighted by atomic mass is 10.1. The number of hydrogen-bond donors (Lipinski definition) is 1. The topological polar surface area (TPSA) is 63.7 Å². The van der Waals surface area contributed by atoms with Gasteiger partial charge in [0.25, 0.3) is 5.91 Å². The van der Waals surface area contributed by atoms with Crippen LogP contribution in [0.1, 0.15) is 59.2 Å². The number of nitrogens with zero attached hydrogens (tertiary/aromatic N) is 2. The molecule has 2 aromatic carbocycles. The Morgan fingerprint density at radius 1 is 1.00 bits per heavy atom. The average Bonchev–Trinajstić information content (AvgIpc) is 3.36. The maximum absolute atomic E-state index is 13.4. The van der Waals surface area contributed by atoms with Crippen molar-refractivity contribution in [3.63, 3.8) is 0 Å². The van der Waals surface area contributed by atoms with Crippen molar-refractivity contribution in [2.75, 3.05) is 27.3 Å². The molecule has 1 amide bonds. The molecule has 3 aromatic rings. The lowest BCUT2D eigenvalue weighted by Crippen LogP contribution is -2.26. The lowest BCUT2D eigenvalue weighted by Gasteiger charge is -2.22. The van der Waals surface area contributed by atoms with E-state index in [0.29, 0.717) is 36.8 Å². The van der Waals surface area contributed by atoms with Gasteiger partial charge in [-0.15, -0.1) is 11.3 Å². The van der Waals surface area contributed by atoms with Crippen molar-refractivity contribution in [1.82, 2.24) is 15.2 Å². The van der Waals surface area contributed by atoms with E-state index in [1.807, 2.05) is 23.6 Å². The van der Waals surface area contributed by atoms with Gasteiger partial charge in [-0.05, 0) is 48.2 Å². The molecule has 0 fully saturated rings. The van der Waals surface area contributed by atoms with Crippen LogP contribution in [0, 0.1) is 5.82 Å². The van der Waals surface area contributed by atoms with Crippen molar-refractivity contribution in [3.05, 3.63) is 75.5 Å². The van der Waals surface area contributed by atoms with Crippen LogP contribution in [0.3, 0.4) is 0 Å². The fraction of sp³-hybridized carbons (Fsp3) is 0.429. The largest absolute Gasteiger partial charge is 0.493 e. The number of halogens is 1. The number of ether oxygens (including phenoxy) is 2. The van der Waals surface area contributed by atoms with Crippen LogP contribution in [0.15, 0.2) is 47.8 Å². The van der Waals surface area contributed by atoms with Crippen LogP contribution in [0.25, 0.3) is 0 Å². The summed E-state index contributed by atoms with van der Waals surface area (Å²) in [4.78, 5) is 19.3. The number of nitrogens with one attached hydrogen (secondary N) is 1. The number of aromatic nitrogens is 1. The fourth-order valence-corrected chi connectivity index (χ4v) is 4.72. The van der Waals surface area contributed by atoms with E-state index in [-0.39, 0.29) is 11.7 Å². The molecule has 8 heteroatoms. The highest BCUT2D eigenvalue weighted by molar-refractivity contribution is 7.09. The predicted octanol–water partition coefficient (Wildman–Crippen LogP) is 5.85. The minimum Gasteiger partial charge on any atom is -0.493 e. The third-order valence-corrected chi connectivity index (χ3v) is 6.78. The number of thiazole rings is 1. The monoisotopic (exact) mass is 513 g/mol. The number of carbonyl (C=O) groups excluding carboxylic acids is 1. The molecule has 0 radical (unpaired) electrons. The quantitative estimate of drug-likeness (QED) is 0.258. The SMILES string of the molecule is CCCCCCNC(=O)c1csc(CN(CCc2ccc(OC)c(OC)c2)Cc2ccc(F)cc2)n1. The second-order valence-corrected chi connectivity index (χ2v) is 9.66. The molecular weight excluding hydrogens is 477 g/mol. The number of rotatable bonds is 15. The highest BCUT2D eigenvalue weighted by atomic mass is 32.1. The Balaban J connectivity index is 1.65. The van der Waals surface area contributed by atoms with Gasteiger partial charge in [-0.2, -0.15) is 0 Å². The molecule has 36 heavy (non-hydrogen) atoms. The first-order valence-electron chi connectivity index (χ1n) is 12.4. The Morgan fingerprint density at radius 2 is 1.75 bits per heavy atom. The Hall–Kier alpha value is -2.97. The highest BCUT2D eigenvalue weighted by Gasteiger charge is 2.15. The predicted molar refractivity (Wildman–Crippen MR) is 142 cm³/mol. The summed E-state index contributed by atoms with van der Waals surface area (Å²) in [5, 5.41) is 5.67. The first kappa shape index (κ1) is 27.6. The summed E-state index contributed by atoms with van der Waals surface area (Å²) < 4.78 is 24.2. The van der Waals surface area contributed by atoms with Crippen LogP contribution in [0.2, 0.25) is 0 Å². The van der Waals surface area contributed by atoms with Crippen LogP contribution in [-0.4, -0.2) is 43.1 Å². The maximum atomic E-state index is 13.4. The van der Waals surface area contributed by atoms with E-state index < -0.39 is 0 Å². The molecule has 0 spiro atoms. The van der Waals surface area contributed by atoms with Gasteiger partial charge in [-0.25, -0.2) is 9.37 Å². The molecule has 0 unspecified atom stereocenters. The number of methoxy groups -OCH3 is 2. The first-order chi connectivity index (χ1) is 17.5. The van der Waals surface area contributed by atoms with Gasteiger partial charge in [-0.1, -0.05) is 44.4 Å². The van der Waals surface area contributed by atoms with Crippen molar-refractivity contribution in [1.29, 1.82) is 0 Å². The normalized spacial score (nSPS) is 11.0. The molecular formula is C28H36FN3O3S. The molecule has 1 N–H and O–H groups in total. The molecule has 0 saturated heterocycles. The van der Waals surface area contributed by atoms with Crippen molar-refractivity contribution in [2.45, 2.75) is 52.1 Å². The fourth-order valence-electron chi connectivity index (χ4n) is 3.91. The van der Waals surface area contributed by atoms with Gasteiger partial charge in [0.05, 0.1) is 20.8 Å². The minimum absolute atomic E-state index is 0.121. The van der Waals surface area contributed by atoms with E-state index in [1.54, 1.807) is 26.4 Å². The number of amides is 1. The van der Waals surface area contributed by atoms with E-state index in [9.17, 15) is 9.18 Å². The van der Waals surface area contributed by atoms with Gasteiger partial charge >= 0.3 is 0 Å². The van der Waals surface area contributed by atoms with E-state index >= 15 is 0 Å². The van der Waals surface area contributed by atoms with Gasteiger partial charge in [-0.3, -0.25) is 9.69 Å². The molecule has 1 aromatic heterocycles. The molecule has 3 rings (SSSR count). The van der Waals surface area contributed by atoms with Gasteiger partial charge in [0.1, 0.15) is 16.5 Å². The van der Waals surface area contributed by atoms with E-state index in [4.69, 9.17) is 9.47 Å². The van der Waals surface area contributed by atoms with Crippen molar-refractivity contribution in [3.8, 4) is 11.5 Å². The summed E-state index contributed by atoms with van der Waals surface area (Å²) in [5.41, 5.74) is 2.61. The Labute approximate surface area is 217 Å². The van der Waals surface area contributed by atoms with Crippen LogP contribution in [0.4, 0.5) is 4.39 Å². The minimum atomic E-state index is -0.249. The molecule has 0 aliphatic rings. The summed E-state index contributed by atoms with van der Waals surface area (Å²) in [6.45, 7) is 4.84. The zero-order valence-electron chi connectivity index (χ0n) is 21.4. The number of benzene rings is 2. The average molecular weight is 514 g/mol. The molecule has 0 saturated carbocycles. The smallest absolute Gasteiger partial charge is 0.270 e. The number of hydrogen-bond acceptors (Lipinski definition) is 6. The molecule has 6 nitrogen and oxygen atoms in total. The molecule has 0 aliphatic carbocycles. The third kappa shape index (κ3) is 8.60. The molecule has 1 heterocycles. The number of carbonyl (C=O) groups is 1. The van der Waals surface area contributed by atoms with E-state index in [2.05, 4.69) is 22.1 Å². The Kier molecular flexibility index (Phi) is 11.2. The third-order valence-electron chi connectivity index (χ3n) is 5.94. The second-order valence-electron chi connectivity index (χ2n) is 8.72. The highest BCUT2D eigenvalue weighted by Crippen LogP contribution is 2.28. The van der Waals surface area contributed by atoms with Crippen LogP contribution < -0.4 is 14.8 Å². The first-order valence-corrected chi connectivity index (χ1v) is 13.3. The summed E-state index contributed by atoms with van der Waals surface area (Å²) in [6, 6.07) is 12.5. The zero-order valence-corrected chi connectivity index (χ0v) is 22.2. The van der Waals surface area contributed by atoms with Gasteiger partial charge < -0.3 is 14.8 Å². The molecule has 194 valence electrons. The molecule has 0 aliphatic heterocycles. The maximum Gasteiger partial charge on any atom is 0.270 e. The Morgan fingerprint density at radius 3 is 2.47 bits per heavy atom. The van der Waals surface area contributed by atoms with Gasteiger partial charge in [0.2, 0.25) is 0 Å².